The van der Waals surface area contributed by atoms with Crippen molar-refractivity contribution in [3.8, 4) is 0 Å². The van der Waals surface area contributed by atoms with E-state index in [0.717, 1.165) is 0 Å². The normalized spacial score (nSPS) is 22.6. The van der Waals surface area contributed by atoms with Crippen molar-refractivity contribution in [1.82, 2.24) is 4.98 Å². The molecule has 20 heavy (non-hydrogen) atoms. The monoisotopic (exact) mass is 299 g/mol. The second-order valence-electron chi connectivity index (χ2n) is 4.58. The fraction of sp³-hybridized carbons (Fsp3) is 0.417. The van der Waals surface area contributed by atoms with Gasteiger partial charge < -0.3 is 20.5 Å². The summed E-state index contributed by atoms with van der Waals surface area (Å²) in [6, 6.07) is 1.33. The minimum atomic E-state index is -1.10. The number of pyridine rings is 1. The molecule has 1 aromatic rings. The number of carboxylic acids is 1. The molecule has 0 spiro atoms. The van der Waals surface area contributed by atoms with Crippen LogP contribution in [0.1, 0.15) is 17.3 Å². The van der Waals surface area contributed by atoms with Crippen LogP contribution in [0.5, 0.6) is 0 Å². The van der Waals surface area contributed by atoms with Crippen molar-refractivity contribution in [3.63, 3.8) is 0 Å². The average molecular weight is 300 g/mol. The number of carbonyl (C=O) groups excluding carboxylic acids is 1. The zero-order chi connectivity index (χ0) is 14.9. The van der Waals surface area contributed by atoms with Crippen molar-refractivity contribution in [2.24, 2.45) is 5.73 Å². The number of amides is 1. The number of aromatic nitrogens is 1. The summed E-state index contributed by atoms with van der Waals surface area (Å²) in [4.78, 5) is 27.9. The molecule has 2 unspecified atom stereocenters. The lowest BCUT2D eigenvalue weighted by Gasteiger charge is -2.36. The number of anilines is 1. The molecule has 0 aliphatic carbocycles. The molecule has 8 heteroatoms. The molecular weight excluding hydrogens is 286 g/mol. The summed E-state index contributed by atoms with van der Waals surface area (Å²) in [5.74, 6) is -1.24. The van der Waals surface area contributed by atoms with Gasteiger partial charge in [-0.05, 0) is 13.0 Å². The van der Waals surface area contributed by atoms with Crippen molar-refractivity contribution in [2.75, 3.05) is 18.0 Å². The first kappa shape index (κ1) is 14.5. The lowest BCUT2D eigenvalue weighted by atomic mass is 10.2. The third kappa shape index (κ3) is 3.00. The number of ether oxygens (including phenoxy) is 1. The standard InChI is InChI=1S/C12H14ClN3O4/c1-6-4-16(5-9(20-6)10(14)17)11-8(13)2-7(3-15-11)12(18)19/h2-3,6,9H,4-5H2,1H3,(H2,14,17)(H,18,19). The summed E-state index contributed by atoms with van der Waals surface area (Å²) in [5, 5.41) is 9.08. The lowest BCUT2D eigenvalue weighted by Crippen LogP contribution is -2.52. The number of nitrogens with two attached hydrogens (primary N) is 1. The Bertz CT molecular complexity index is 552. The van der Waals surface area contributed by atoms with Gasteiger partial charge in [-0.3, -0.25) is 4.79 Å². The molecule has 1 fully saturated rings. The van der Waals surface area contributed by atoms with Gasteiger partial charge in [-0.2, -0.15) is 0 Å². The molecule has 1 aliphatic rings. The summed E-state index contributed by atoms with van der Waals surface area (Å²) in [7, 11) is 0. The summed E-state index contributed by atoms with van der Waals surface area (Å²) in [5.41, 5.74) is 5.26. The van der Waals surface area contributed by atoms with E-state index >= 15 is 0 Å². The van der Waals surface area contributed by atoms with E-state index in [4.69, 9.17) is 27.2 Å². The molecule has 0 aromatic carbocycles. The van der Waals surface area contributed by atoms with Gasteiger partial charge in [-0.15, -0.1) is 0 Å². The number of halogens is 1. The second kappa shape index (κ2) is 5.64. The molecule has 1 amide bonds. The Hall–Kier alpha value is -1.86. The van der Waals surface area contributed by atoms with E-state index < -0.39 is 18.0 Å². The number of hydrogen-bond acceptors (Lipinski definition) is 5. The largest absolute Gasteiger partial charge is 0.478 e. The molecular formula is C12H14ClN3O4. The molecule has 108 valence electrons. The van der Waals surface area contributed by atoms with Gasteiger partial charge in [0, 0.05) is 12.7 Å². The topological polar surface area (TPSA) is 106 Å². The van der Waals surface area contributed by atoms with Crippen LogP contribution in [0, 0.1) is 0 Å². The lowest BCUT2D eigenvalue weighted by molar-refractivity contribution is -0.133. The number of carboxylic acid groups (broad SMARTS) is 1. The maximum absolute atomic E-state index is 11.2. The van der Waals surface area contributed by atoms with Crippen molar-refractivity contribution < 1.29 is 19.4 Å². The van der Waals surface area contributed by atoms with Crippen LogP contribution in [0.4, 0.5) is 5.82 Å². The van der Waals surface area contributed by atoms with Gasteiger partial charge in [-0.25, -0.2) is 9.78 Å². The van der Waals surface area contributed by atoms with Crippen LogP contribution in [-0.2, 0) is 9.53 Å². The maximum atomic E-state index is 11.2. The Balaban J connectivity index is 2.26. The highest BCUT2D eigenvalue weighted by molar-refractivity contribution is 6.33. The zero-order valence-corrected chi connectivity index (χ0v) is 11.5. The molecule has 1 saturated heterocycles. The van der Waals surface area contributed by atoms with Crippen LogP contribution >= 0.6 is 11.6 Å². The third-order valence-electron chi connectivity index (χ3n) is 2.95. The average Bonchev–Trinajstić information content (AvgIpc) is 2.37. The number of rotatable bonds is 3. The SMILES string of the molecule is CC1CN(c2ncc(C(=O)O)cc2Cl)CC(C(N)=O)O1. The second-order valence-corrected chi connectivity index (χ2v) is 4.98. The number of morpholine rings is 1. The van der Waals surface area contributed by atoms with Crippen LogP contribution in [0.3, 0.4) is 0 Å². The van der Waals surface area contributed by atoms with Crippen molar-refractivity contribution in [3.05, 3.63) is 22.8 Å². The van der Waals surface area contributed by atoms with Gasteiger partial charge in [0.15, 0.2) is 6.10 Å². The summed E-state index contributed by atoms with van der Waals surface area (Å²) in [6.45, 7) is 2.53. The van der Waals surface area contributed by atoms with E-state index in [9.17, 15) is 9.59 Å². The number of hydrogen-bond donors (Lipinski definition) is 2. The predicted molar refractivity (Wildman–Crippen MR) is 71.9 cm³/mol. The number of carbonyl (C=O) groups is 2. The van der Waals surface area contributed by atoms with Crippen LogP contribution in [0.25, 0.3) is 0 Å². The summed E-state index contributed by atoms with van der Waals surface area (Å²) < 4.78 is 5.42. The summed E-state index contributed by atoms with van der Waals surface area (Å²) in [6.07, 6.45) is 0.275. The number of nitrogens with zero attached hydrogens (tertiary/aromatic N) is 2. The highest BCUT2D eigenvalue weighted by Crippen LogP contribution is 2.27. The quantitative estimate of drug-likeness (QED) is 0.842. The van der Waals surface area contributed by atoms with E-state index in [1.165, 1.54) is 12.3 Å². The van der Waals surface area contributed by atoms with Gasteiger partial charge in [0.25, 0.3) is 0 Å². The minimum Gasteiger partial charge on any atom is -0.478 e. The van der Waals surface area contributed by atoms with E-state index in [1.807, 2.05) is 6.92 Å². The van der Waals surface area contributed by atoms with Crippen LogP contribution in [-0.4, -0.2) is 47.3 Å². The first-order valence-corrected chi connectivity index (χ1v) is 6.35. The number of aromatic carboxylic acids is 1. The Kier molecular flexibility index (Phi) is 4.10. The molecule has 0 bridgehead atoms. The maximum Gasteiger partial charge on any atom is 0.337 e. The van der Waals surface area contributed by atoms with Gasteiger partial charge >= 0.3 is 5.97 Å². The fourth-order valence-electron chi connectivity index (χ4n) is 2.06. The fourth-order valence-corrected chi connectivity index (χ4v) is 2.35. The highest BCUT2D eigenvalue weighted by Gasteiger charge is 2.30. The molecule has 0 saturated carbocycles. The molecule has 2 heterocycles. The molecule has 1 aromatic heterocycles. The van der Waals surface area contributed by atoms with Crippen LogP contribution < -0.4 is 10.6 Å². The van der Waals surface area contributed by atoms with Crippen LogP contribution in [0.15, 0.2) is 12.3 Å². The van der Waals surface area contributed by atoms with Gasteiger partial charge in [-0.1, -0.05) is 11.6 Å². The Morgan fingerprint density at radius 1 is 1.55 bits per heavy atom. The highest BCUT2D eigenvalue weighted by atomic mass is 35.5. The molecule has 1 aliphatic heterocycles. The van der Waals surface area contributed by atoms with E-state index in [2.05, 4.69) is 4.98 Å². The molecule has 3 N–H and O–H groups in total. The van der Waals surface area contributed by atoms with Crippen molar-refractivity contribution in [1.29, 1.82) is 0 Å². The predicted octanol–water partition coefficient (Wildman–Crippen LogP) is 0.512. The van der Waals surface area contributed by atoms with Gasteiger partial charge in [0.2, 0.25) is 5.91 Å². The smallest absolute Gasteiger partial charge is 0.337 e. The summed E-state index contributed by atoms with van der Waals surface area (Å²) >= 11 is 6.06. The van der Waals surface area contributed by atoms with Gasteiger partial charge in [0.05, 0.1) is 23.2 Å². The molecule has 2 rings (SSSR count). The van der Waals surface area contributed by atoms with E-state index in [-0.39, 0.29) is 23.2 Å². The first-order valence-electron chi connectivity index (χ1n) is 5.97. The van der Waals surface area contributed by atoms with E-state index in [1.54, 1.807) is 4.90 Å². The number of primary amides is 1. The molecule has 7 nitrogen and oxygen atoms in total. The van der Waals surface area contributed by atoms with Crippen molar-refractivity contribution in [2.45, 2.75) is 19.1 Å². The molecule has 2 atom stereocenters. The minimum absolute atomic E-state index is 0.00603. The van der Waals surface area contributed by atoms with Gasteiger partial charge in [0.1, 0.15) is 5.82 Å². The van der Waals surface area contributed by atoms with Crippen molar-refractivity contribution >= 4 is 29.3 Å². The van der Waals surface area contributed by atoms with Crippen LogP contribution in [0.2, 0.25) is 5.02 Å². The Morgan fingerprint density at radius 2 is 2.25 bits per heavy atom. The zero-order valence-electron chi connectivity index (χ0n) is 10.7. The molecule has 0 radical (unpaired) electrons. The Labute approximate surface area is 120 Å². The third-order valence-corrected chi connectivity index (χ3v) is 3.22. The van der Waals surface area contributed by atoms with E-state index in [0.29, 0.717) is 12.4 Å². The Morgan fingerprint density at radius 3 is 2.80 bits per heavy atom. The first-order chi connectivity index (χ1) is 9.38.